The number of aliphatic carboxylic acids is 1. The zero-order chi connectivity index (χ0) is 50.3. The molecule has 0 fully saturated rings. The van der Waals surface area contributed by atoms with E-state index in [4.69, 9.17) is 26.7 Å². The summed E-state index contributed by atoms with van der Waals surface area (Å²) in [5.74, 6) is -5.13. The Morgan fingerprint density at radius 2 is 1.19 bits per heavy atom. The second kappa shape index (κ2) is 27.7. The van der Waals surface area contributed by atoms with Crippen molar-refractivity contribution in [3.8, 4) is 5.75 Å². The van der Waals surface area contributed by atoms with Gasteiger partial charge in [-0.2, -0.15) is 0 Å². The van der Waals surface area contributed by atoms with Gasteiger partial charge < -0.3 is 53.0 Å². The molecule has 0 aliphatic heterocycles. The summed E-state index contributed by atoms with van der Waals surface area (Å²) in [4.78, 5) is 98.8. The summed E-state index contributed by atoms with van der Waals surface area (Å²) >= 11 is 0. The van der Waals surface area contributed by atoms with E-state index in [9.17, 15) is 38.7 Å². The van der Waals surface area contributed by atoms with Gasteiger partial charge in [0.15, 0.2) is 5.96 Å². The maximum Gasteiger partial charge on any atom is 0.417 e. The first-order valence-electron chi connectivity index (χ1n) is 22.6. The Hall–Kier alpha value is -7.80. The number of rotatable bonds is 26. The Morgan fingerprint density at radius 1 is 0.652 bits per heavy atom. The molecular formula is C50H63N9O10. The Labute approximate surface area is 401 Å². The molecule has 19 nitrogen and oxygen atoms in total. The number of nitrogens with one attached hydrogen (secondary N) is 4. The maximum atomic E-state index is 14.0. The van der Waals surface area contributed by atoms with Crippen molar-refractivity contribution in [3.63, 3.8) is 0 Å². The highest BCUT2D eigenvalue weighted by Gasteiger charge is 2.36. The number of hydrogen-bond donors (Lipinski definition) is 8. The van der Waals surface area contributed by atoms with Crippen LogP contribution in [-0.2, 0) is 59.6 Å². The molecule has 4 aromatic rings. The molecule has 5 atom stereocenters. The molecule has 4 aromatic carbocycles. The number of aliphatic imine (C=N–C) groups is 1. The molecule has 0 saturated heterocycles. The third-order valence-corrected chi connectivity index (χ3v) is 10.6. The molecule has 6 amide bonds. The first kappa shape index (κ1) is 53.8. The number of carboxylic acids is 1. The van der Waals surface area contributed by atoms with Crippen molar-refractivity contribution < 1.29 is 48.1 Å². The van der Waals surface area contributed by atoms with Crippen LogP contribution < -0.4 is 43.2 Å². The van der Waals surface area contributed by atoms with Gasteiger partial charge in [0.25, 0.3) is 0 Å². The number of hydrogen-bond acceptors (Lipinski definition) is 11. The topological polar surface area (TPSA) is 300 Å². The van der Waals surface area contributed by atoms with Gasteiger partial charge in [-0.15, -0.1) is 0 Å². The van der Waals surface area contributed by atoms with Crippen LogP contribution in [0, 0.1) is 5.92 Å². The lowest BCUT2D eigenvalue weighted by Crippen LogP contribution is -2.58. The van der Waals surface area contributed by atoms with Gasteiger partial charge in [0.2, 0.25) is 29.5 Å². The van der Waals surface area contributed by atoms with Gasteiger partial charge in [0.1, 0.15) is 43.1 Å². The normalized spacial score (nSPS) is 13.0. The Morgan fingerprint density at radius 3 is 1.75 bits per heavy atom. The number of amides is 6. The molecule has 4 rings (SSSR count). The van der Waals surface area contributed by atoms with Crippen LogP contribution >= 0.6 is 0 Å². The number of guanidine groups is 1. The van der Waals surface area contributed by atoms with Gasteiger partial charge in [-0.25, -0.2) is 14.5 Å². The molecule has 19 heteroatoms. The van der Waals surface area contributed by atoms with Gasteiger partial charge in [0, 0.05) is 13.0 Å². The zero-order valence-electron chi connectivity index (χ0n) is 39.0. The van der Waals surface area contributed by atoms with Crippen molar-refractivity contribution in [2.24, 2.45) is 28.1 Å². The minimum absolute atomic E-state index is 0.00556. The summed E-state index contributed by atoms with van der Waals surface area (Å²) in [5, 5.41) is 20.0. The van der Waals surface area contributed by atoms with Crippen molar-refractivity contribution in [1.82, 2.24) is 26.2 Å². The van der Waals surface area contributed by atoms with E-state index in [0.29, 0.717) is 33.9 Å². The van der Waals surface area contributed by atoms with Gasteiger partial charge in [-0.1, -0.05) is 117 Å². The van der Waals surface area contributed by atoms with E-state index >= 15 is 0 Å². The van der Waals surface area contributed by atoms with Crippen molar-refractivity contribution in [1.29, 1.82) is 0 Å². The molecule has 0 saturated carbocycles. The lowest BCUT2D eigenvalue weighted by molar-refractivity contribution is -0.142. The molecule has 0 aromatic heterocycles. The molecule has 368 valence electrons. The fourth-order valence-electron chi connectivity index (χ4n) is 6.96. The summed E-state index contributed by atoms with van der Waals surface area (Å²) in [5.41, 5.74) is 20.0. The van der Waals surface area contributed by atoms with Crippen molar-refractivity contribution in [3.05, 3.63) is 138 Å². The average molecular weight is 950 g/mol. The van der Waals surface area contributed by atoms with E-state index in [1.54, 1.807) is 84.9 Å². The van der Waals surface area contributed by atoms with Gasteiger partial charge >= 0.3 is 12.1 Å². The van der Waals surface area contributed by atoms with Crippen LogP contribution in [0.4, 0.5) is 4.79 Å². The predicted molar refractivity (Wildman–Crippen MR) is 258 cm³/mol. The third-order valence-electron chi connectivity index (χ3n) is 10.6. The Bertz CT molecular complexity index is 2330. The lowest BCUT2D eigenvalue weighted by atomic mass is 10.0. The van der Waals surface area contributed by atoms with Crippen LogP contribution in [0.25, 0.3) is 0 Å². The highest BCUT2D eigenvalue weighted by Crippen LogP contribution is 2.17. The number of carboxylic acid groups (broad SMARTS) is 1. The summed E-state index contributed by atoms with van der Waals surface area (Å²) < 4.78 is 11.3. The summed E-state index contributed by atoms with van der Waals surface area (Å²) in [7, 11) is 0. The first-order chi connectivity index (χ1) is 33.0. The van der Waals surface area contributed by atoms with Crippen molar-refractivity contribution in [2.75, 3.05) is 13.1 Å². The van der Waals surface area contributed by atoms with Crippen molar-refractivity contribution in [2.45, 2.75) is 96.3 Å². The molecule has 69 heavy (non-hydrogen) atoms. The van der Waals surface area contributed by atoms with Crippen LogP contribution in [-0.4, -0.2) is 101 Å². The highest BCUT2D eigenvalue weighted by molar-refractivity contribution is 6.01. The van der Waals surface area contributed by atoms with Crippen LogP contribution in [0.5, 0.6) is 5.75 Å². The molecule has 11 N–H and O–H groups in total. The van der Waals surface area contributed by atoms with Gasteiger partial charge in [0.05, 0.1) is 12.6 Å². The molecular weight excluding hydrogens is 887 g/mol. The monoisotopic (exact) mass is 949 g/mol. The second-order valence-electron chi connectivity index (χ2n) is 16.7. The van der Waals surface area contributed by atoms with Gasteiger partial charge in [-0.05, 0) is 72.9 Å². The number of benzene rings is 4. The predicted octanol–water partition coefficient (Wildman–Crippen LogP) is 2.69. The molecule has 0 spiro atoms. The smallest absolute Gasteiger partial charge is 0.417 e. The minimum atomic E-state index is -1.52. The van der Waals surface area contributed by atoms with E-state index in [0.717, 1.165) is 5.56 Å². The maximum absolute atomic E-state index is 14.0. The number of nitrogens with two attached hydrogens (primary N) is 3. The summed E-state index contributed by atoms with van der Waals surface area (Å²) in [6, 6.07) is 27.4. The van der Waals surface area contributed by atoms with E-state index in [1.807, 2.05) is 44.2 Å². The SMILES string of the molecule is CC(C)CC(NC(=O)C(Cc1ccccc1)NC(=O)CNC(=O)[C@@H](C)N(C(=O)OCc1ccccc1)C(=O)C(N)Cc1ccc(OCc2ccccc2)cc1)C(=O)NC(CCCN=C(N)N)C(=O)O. The van der Waals surface area contributed by atoms with Crippen LogP contribution in [0.1, 0.15) is 62.3 Å². The Balaban J connectivity index is 1.45. The van der Waals surface area contributed by atoms with E-state index in [2.05, 4.69) is 26.3 Å². The van der Waals surface area contributed by atoms with E-state index in [-0.39, 0.29) is 57.1 Å². The van der Waals surface area contributed by atoms with E-state index < -0.39 is 78.4 Å². The minimum Gasteiger partial charge on any atom is -0.489 e. The van der Waals surface area contributed by atoms with E-state index in [1.165, 1.54) is 6.92 Å². The zero-order valence-corrected chi connectivity index (χ0v) is 39.0. The molecule has 0 bridgehead atoms. The lowest BCUT2D eigenvalue weighted by Gasteiger charge is -2.28. The molecule has 0 heterocycles. The second-order valence-corrected chi connectivity index (χ2v) is 16.7. The number of carbonyl (C=O) groups excluding carboxylic acids is 6. The molecule has 0 aliphatic rings. The average Bonchev–Trinajstić information content (AvgIpc) is 3.33. The molecule has 0 aliphatic carbocycles. The largest absolute Gasteiger partial charge is 0.489 e. The number of imide groups is 1. The first-order valence-corrected chi connectivity index (χ1v) is 22.6. The van der Waals surface area contributed by atoms with Crippen molar-refractivity contribution >= 4 is 47.6 Å². The van der Waals surface area contributed by atoms with Gasteiger partial charge in [-0.3, -0.25) is 29.0 Å². The number of carbonyl (C=O) groups is 7. The number of ether oxygens (including phenoxy) is 2. The Kier molecular flexibility index (Phi) is 21.6. The van der Waals surface area contributed by atoms with Crippen LogP contribution in [0.2, 0.25) is 0 Å². The standard InChI is InChI=1S/C50H63N9O10/c1-32(2)26-41(45(62)57-40(48(65)66)20-13-25-54-49(52)53)58-46(63)42(28-34-14-7-4-8-15-34)56-43(60)29-55-44(61)33(3)59(50(67)69-31-37-18-11-6-12-19-37)47(64)39(51)27-35-21-23-38(24-22-35)68-30-36-16-9-5-10-17-36/h4-12,14-19,21-24,32-33,39-42H,13,20,25-31,51H2,1-3H3,(H,55,61)(H,56,60)(H,57,62)(H,58,63)(H,65,66)(H4,52,53,54)/t33-,39?,40?,41?,42?/m1/s1. The third kappa shape index (κ3) is 18.8. The summed E-state index contributed by atoms with van der Waals surface area (Å²) in [6.07, 6.45) is -0.803. The fraction of sp³-hybridized carbons (Fsp3) is 0.360. The fourth-order valence-corrected chi connectivity index (χ4v) is 6.96. The quantitative estimate of drug-likeness (QED) is 0.0256. The number of nitrogens with zero attached hydrogens (tertiary/aromatic N) is 2. The van der Waals surface area contributed by atoms with Crippen LogP contribution in [0.15, 0.2) is 120 Å². The molecule has 4 unspecified atom stereocenters. The highest BCUT2D eigenvalue weighted by atomic mass is 16.6. The van der Waals surface area contributed by atoms with Crippen LogP contribution in [0.3, 0.4) is 0 Å². The summed E-state index contributed by atoms with van der Waals surface area (Å²) in [6.45, 7) is 4.50. The molecule has 0 radical (unpaired) electrons.